The van der Waals surface area contributed by atoms with Crippen molar-refractivity contribution in [2.75, 3.05) is 41.0 Å². The van der Waals surface area contributed by atoms with Crippen LogP contribution in [0, 0.1) is 35.5 Å². The van der Waals surface area contributed by atoms with Crippen LogP contribution in [0.1, 0.15) is 170 Å². The lowest BCUT2D eigenvalue weighted by Crippen LogP contribution is -2.61. The molecule has 1 aliphatic carbocycles. The molecule has 73 heavy (non-hydrogen) atoms. The number of nitrogens with zero attached hydrogens (tertiary/aromatic N) is 2. The molecule has 15 atom stereocenters. The highest BCUT2D eigenvalue weighted by atomic mass is 16.6. The summed E-state index contributed by atoms with van der Waals surface area (Å²) in [5, 5.41) is 23.6. The van der Waals surface area contributed by atoms with Crippen LogP contribution in [0.2, 0.25) is 0 Å². The third-order valence-corrected chi connectivity index (χ3v) is 16.9. The largest absolute Gasteiger partial charge is 0.460 e. The van der Waals surface area contributed by atoms with Crippen LogP contribution in [0.4, 0.5) is 4.79 Å². The number of hydrogen-bond donors (Lipinski definition) is 2. The number of esters is 1. The van der Waals surface area contributed by atoms with Crippen molar-refractivity contribution < 1.29 is 67.4 Å². The van der Waals surface area contributed by atoms with E-state index in [2.05, 4.69) is 13.0 Å². The SMILES string of the molecule is CO[C@H]1C[C@@H]2CC[C@@H](C)[C@@](O)(O2)C(=O)C(=O)N2CCCC[C@H]2C(=O)O[C@H]([C@H](C)C[C@@H]2CC[C@@H](OC(=O)N3CCCCC3)[C@H](OC)C2)CC(=O)[C@H](C)/C=C(\C)[C@@H](O)[C@@H](OC)C(=O)[C@H](C)C[C@H](C)CCCC/C=C/1C. The highest BCUT2D eigenvalue weighted by Crippen LogP contribution is 2.38. The van der Waals surface area contributed by atoms with E-state index in [9.17, 15) is 39.0 Å². The zero-order chi connectivity index (χ0) is 53.6. The lowest BCUT2D eigenvalue weighted by Gasteiger charge is -2.42. The summed E-state index contributed by atoms with van der Waals surface area (Å²) in [6.45, 7) is 14.4. The number of ketones is 3. The molecule has 2 N–H and O–H groups in total. The van der Waals surface area contributed by atoms with Gasteiger partial charge in [0.05, 0.1) is 18.3 Å². The molecule has 3 saturated heterocycles. The summed E-state index contributed by atoms with van der Waals surface area (Å²) >= 11 is 0. The second-order valence-corrected chi connectivity index (χ2v) is 22.7. The van der Waals surface area contributed by atoms with Gasteiger partial charge in [-0.05, 0) is 139 Å². The molecule has 16 heteroatoms. The minimum absolute atomic E-state index is 0.0728. The normalized spacial score (nSPS) is 38.0. The van der Waals surface area contributed by atoms with Crippen LogP contribution in [0.25, 0.3) is 0 Å². The van der Waals surface area contributed by atoms with Crippen molar-refractivity contribution in [3.63, 3.8) is 0 Å². The maximum absolute atomic E-state index is 14.6. The Morgan fingerprint density at radius 1 is 0.795 bits per heavy atom. The van der Waals surface area contributed by atoms with Crippen molar-refractivity contribution in [3.05, 3.63) is 23.3 Å². The molecule has 5 rings (SSSR count). The first-order chi connectivity index (χ1) is 34.7. The summed E-state index contributed by atoms with van der Waals surface area (Å²) in [5.74, 6) is -7.67. The molecule has 4 heterocycles. The van der Waals surface area contributed by atoms with E-state index in [4.69, 9.17) is 28.4 Å². The maximum Gasteiger partial charge on any atom is 0.410 e. The number of Topliss-reactive ketones (excluding diaryl/α,β-unsaturated/α-hetero) is 3. The van der Waals surface area contributed by atoms with Crippen LogP contribution in [0.3, 0.4) is 0 Å². The fourth-order valence-corrected chi connectivity index (χ4v) is 12.1. The molecular weight excluding hydrogens is 937 g/mol. The number of aliphatic hydroxyl groups is 2. The van der Waals surface area contributed by atoms with Gasteiger partial charge in [-0.25, -0.2) is 9.59 Å². The number of likely N-dealkylation sites (tertiary alicyclic amines) is 1. The smallest absolute Gasteiger partial charge is 0.410 e. The minimum atomic E-state index is -2.42. The molecule has 2 amide bonds. The first kappa shape index (κ1) is 60.3. The van der Waals surface area contributed by atoms with Crippen LogP contribution in [-0.4, -0.2) is 151 Å². The topological polar surface area (TPSA) is 205 Å². The Bertz CT molecular complexity index is 1920. The van der Waals surface area contributed by atoms with Crippen molar-refractivity contribution in [2.24, 2.45) is 35.5 Å². The maximum atomic E-state index is 14.6. The van der Waals surface area contributed by atoms with Crippen molar-refractivity contribution in [3.8, 4) is 0 Å². The molecule has 414 valence electrons. The van der Waals surface area contributed by atoms with E-state index in [0.717, 1.165) is 50.5 Å². The second-order valence-electron chi connectivity index (χ2n) is 22.7. The number of aliphatic hydroxyl groups excluding tert-OH is 1. The summed E-state index contributed by atoms with van der Waals surface area (Å²) < 4.78 is 36.0. The molecule has 1 saturated carbocycles. The lowest BCUT2D eigenvalue weighted by atomic mass is 9.78. The summed E-state index contributed by atoms with van der Waals surface area (Å²) in [5.41, 5.74) is 1.40. The van der Waals surface area contributed by atoms with Gasteiger partial charge in [0, 0.05) is 71.6 Å². The summed E-state index contributed by atoms with van der Waals surface area (Å²) in [7, 11) is 4.63. The van der Waals surface area contributed by atoms with Gasteiger partial charge in [0.2, 0.25) is 5.79 Å². The third kappa shape index (κ3) is 16.2. The number of hydrogen-bond acceptors (Lipinski definition) is 14. The second kappa shape index (κ2) is 28.6. The molecule has 5 aliphatic rings. The van der Waals surface area contributed by atoms with Gasteiger partial charge < -0.3 is 48.4 Å². The van der Waals surface area contributed by atoms with Gasteiger partial charge in [-0.3, -0.25) is 19.2 Å². The van der Waals surface area contributed by atoms with E-state index in [0.29, 0.717) is 82.9 Å². The third-order valence-electron chi connectivity index (χ3n) is 16.9. The van der Waals surface area contributed by atoms with Gasteiger partial charge >= 0.3 is 12.1 Å². The fourth-order valence-electron chi connectivity index (χ4n) is 12.1. The highest BCUT2D eigenvalue weighted by molar-refractivity contribution is 6.39. The Morgan fingerprint density at radius 2 is 1.49 bits per heavy atom. The number of amides is 2. The quantitative estimate of drug-likeness (QED) is 0.140. The molecule has 4 fully saturated rings. The first-order valence-corrected chi connectivity index (χ1v) is 27.8. The highest BCUT2D eigenvalue weighted by Gasteiger charge is 2.53. The van der Waals surface area contributed by atoms with Gasteiger partial charge in [0.25, 0.3) is 11.7 Å². The molecule has 0 spiro atoms. The number of rotatable bonds is 7. The van der Waals surface area contributed by atoms with Crippen LogP contribution in [-0.2, 0) is 52.4 Å². The zero-order valence-electron chi connectivity index (χ0n) is 46.0. The van der Waals surface area contributed by atoms with E-state index in [1.165, 1.54) is 12.0 Å². The molecule has 0 aromatic heterocycles. The Morgan fingerprint density at radius 3 is 2.18 bits per heavy atom. The molecular formula is C57H92N2O14. The molecule has 4 aliphatic heterocycles. The Kier molecular flexibility index (Phi) is 23.6. The van der Waals surface area contributed by atoms with E-state index < -0.39 is 71.8 Å². The van der Waals surface area contributed by atoms with Crippen molar-refractivity contribution in [1.29, 1.82) is 0 Å². The Balaban J connectivity index is 1.42. The van der Waals surface area contributed by atoms with E-state index in [1.807, 2.05) is 20.8 Å². The van der Waals surface area contributed by atoms with Crippen molar-refractivity contribution in [1.82, 2.24) is 9.80 Å². The Labute approximate surface area is 436 Å². The number of carbonyl (C=O) groups excluding carboxylic acids is 6. The minimum Gasteiger partial charge on any atom is -0.460 e. The molecule has 0 aromatic rings. The van der Waals surface area contributed by atoms with Crippen molar-refractivity contribution >= 4 is 35.3 Å². The van der Waals surface area contributed by atoms with Crippen LogP contribution >= 0.6 is 0 Å². The van der Waals surface area contributed by atoms with Gasteiger partial charge in [0.1, 0.15) is 36.2 Å². The van der Waals surface area contributed by atoms with Crippen LogP contribution < -0.4 is 0 Å². The number of piperidine rings is 2. The number of allylic oxidation sites excluding steroid dienone is 2. The van der Waals surface area contributed by atoms with Gasteiger partial charge in [-0.15, -0.1) is 0 Å². The van der Waals surface area contributed by atoms with Crippen LogP contribution in [0.5, 0.6) is 0 Å². The van der Waals surface area contributed by atoms with Crippen molar-refractivity contribution in [2.45, 2.75) is 225 Å². The predicted molar refractivity (Wildman–Crippen MR) is 275 cm³/mol. The molecule has 0 aromatic carbocycles. The number of cyclic esters (lactones) is 1. The first-order valence-electron chi connectivity index (χ1n) is 27.8. The standard InChI is InChI=1S/C57H92N2O14/c1-35-19-13-11-14-20-36(2)47(68-8)33-43-24-22-41(7)57(67,73-43)53(63)54(64)59-28-18-15-21-44(59)55(65)71-48(34-45(60)37(3)30-40(6)51(62)52(70-10)50(61)39(5)29-35)38(4)31-42-23-25-46(49(32-42)69-9)72-56(66)58-26-16-12-17-27-58/h20,30,35,37-39,41-44,46-49,51-52,62,67H,11-19,21-29,31-34H2,1-10H3/b36-20+,40-30+/t35-,37-,38-,39-,41-,42+,43+,44+,46-,47+,48+,49-,51-,52+,57-/m1/s1. The van der Waals surface area contributed by atoms with E-state index in [-0.39, 0.29) is 72.9 Å². The van der Waals surface area contributed by atoms with Crippen LogP contribution in [0.15, 0.2) is 23.3 Å². The number of ether oxygens (including phenoxy) is 6. The fraction of sp³-hybridized carbons (Fsp3) is 0.825. The Hall–Kier alpha value is -3.54. The van der Waals surface area contributed by atoms with E-state index >= 15 is 0 Å². The van der Waals surface area contributed by atoms with E-state index in [1.54, 1.807) is 46.0 Å². The summed E-state index contributed by atoms with van der Waals surface area (Å²) in [4.78, 5) is 87.5. The average Bonchev–Trinajstić information content (AvgIpc) is 3.38. The lowest BCUT2D eigenvalue weighted by molar-refractivity contribution is -0.265. The average molecular weight is 1030 g/mol. The van der Waals surface area contributed by atoms with Gasteiger partial charge in [-0.2, -0.15) is 0 Å². The zero-order valence-corrected chi connectivity index (χ0v) is 46.0. The monoisotopic (exact) mass is 1030 g/mol. The molecule has 0 radical (unpaired) electrons. The number of fused-ring (bicyclic) bond motifs is 3. The molecule has 2 bridgehead atoms. The summed E-state index contributed by atoms with van der Waals surface area (Å²) in [6.07, 6.45) is 10.5. The molecule has 16 nitrogen and oxygen atoms in total. The predicted octanol–water partition coefficient (Wildman–Crippen LogP) is 8.26. The molecule has 0 unspecified atom stereocenters. The number of carbonyl (C=O) groups is 6. The van der Waals surface area contributed by atoms with Gasteiger partial charge in [-0.1, -0.05) is 59.6 Å². The number of methoxy groups -OCH3 is 3. The van der Waals surface area contributed by atoms with Gasteiger partial charge in [0.15, 0.2) is 5.78 Å². The summed E-state index contributed by atoms with van der Waals surface area (Å²) in [6, 6.07) is -1.15.